The van der Waals surface area contributed by atoms with Crippen molar-refractivity contribution in [1.82, 2.24) is 15.0 Å². The molecule has 2 heterocycles. The number of alkyl halides is 2. The Morgan fingerprint density at radius 3 is 2.30 bits per heavy atom. The zero-order valence-electron chi connectivity index (χ0n) is 21.2. The van der Waals surface area contributed by atoms with Crippen molar-refractivity contribution in [2.24, 2.45) is 0 Å². The molecule has 0 saturated carbocycles. The molecular formula is C22H23B5ClF2N3O4. The van der Waals surface area contributed by atoms with Crippen LogP contribution in [0, 0.1) is 0 Å². The SMILES string of the molecule is BC1CC(=O)NC(=O)[C@]1(B)N1Cc2cc(C(B)(B)N(B)C(=O)C(F)(F)c3ccc(Cl)cc3)ccc2C1=O. The molecule has 7 nitrogen and oxygen atoms in total. The summed E-state index contributed by atoms with van der Waals surface area (Å²) in [5, 5.41) is 1.44. The largest absolute Gasteiger partial charge is 0.393 e. The number of hydrogen-bond acceptors (Lipinski definition) is 4. The highest BCUT2D eigenvalue weighted by Crippen LogP contribution is 2.39. The van der Waals surface area contributed by atoms with E-state index in [1.54, 1.807) is 49.6 Å². The molecule has 2 aromatic rings. The molecule has 4 rings (SSSR count). The number of carbonyl (C=O) groups excluding carboxylic acids is 4. The van der Waals surface area contributed by atoms with Gasteiger partial charge in [-0.15, -0.1) is 0 Å². The monoisotopic (exact) mass is 521 g/mol. The molecule has 2 atom stereocenters. The number of halogens is 3. The van der Waals surface area contributed by atoms with Crippen LogP contribution in [-0.2, 0) is 32.2 Å². The number of imide groups is 1. The van der Waals surface area contributed by atoms with Crippen LogP contribution >= 0.6 is 11.6 Å². The number of carbonyl (C=O) groups is 4. The second-order valence-electron chi connectivity index (χ2n) is 10.4. The third-order valence-electron chi connectivity index (χ3n) is 7.96. The Bertz CT molecular complexity index is 1330. The zero-order chi connectivity index (χ0) is 27.5. The number of nitrogens with one attached hydrogen (secondary N) is 1. The third kappa shape index (κ3) is 4.29. The standard InChI is InChI=1S/C22H23B5ClF2N3O4/c23-15-8-16(34)31-18(36)20(15,24)32-9-10-7-12(3-6-14(10)17(32)35)22(25,26)33(27)19(37)21(29,30)11-1-4-13(28)5-2-11/h1-7,15H,8-9,23-27H2,(H,31,34,36)/t15?,20-/m1/s1. The minimum absolute atomic E-state index is 0.107. The van der Waals surface area contributed by atoms with E-state index < -0.39 is 39.9 Å². The highest BCUT2D eigenvalue weighted by molar-refractivity contribution is 6.43. The summed E-state index contributed by atoms with van der Waals surface area (Å²) in [6.45, 7) is 0.110. The highest BCUT2D eigenvalue weighted by atomic mass is 35.5. The average molecular weight is 521 g/mol. The Hall–Kier alpha value is -3.01. The van der Waals surface area contributed by atoms with E-state index in [2.05, 4.69) is 5.32 Å². The minimum atomic E-state index is -3.78. The molecule has 0 spiro atoms. The van der Waals surface area contributed by atoms with Crippen LogP contribution in [0.3, 0.4) is 0 Å². The second kappa shape index (κ2) is 9.08. The first-order chi connectivity index (χ1) is 17.1. The molecular weight excluding hydrogens is 498 g/mol. The summed E-state index contributed by atoms with van der Waals surface area (Å²) in [4.78, 5) is 53.3. The number of fused-ring (bicyclic) bond motifs is 1. The van der Waals surface area contributed by atoms with E-state index in [1.165, 1.54) is 25.0 Å². The Labute approximate surface area is 222 Å². The van der Waals surface area contributed by atoms with Crippen LogP contribution in [0.2, 0.25) is 10.8 Å². The van der Waals surface area contributed by atoms with Gasteiger partial charge in [-0.2, -0.15) is 8.78 Å². The third-order valence-corrected chi connectivity index (χ3v) is 8.21. The minimum Gasteiger partial charge on any atom is -0.393 e. The smallest absolute Gasteiger partial charge is 0.348 e. The van der Waals surface area contributed by atoms with E-state index in [-0.39, 0.29) is 29.8 Å². The maximum atomic E-state index is 15.1. The number of rotatable bonds is 5. The first-order valence-electron chi connectivity index (χ1n) is 11.8. The van der Waals surface area contributed by atoms with E-state index in [0.29, 0.717) is 16.7 Å². The van der Waals surface area contributed by atoms with Gasteiger partial charge in [0.15, 0.2) is 0 Å². The van der Waals surface area contributed by atoms with Gasteiger partial charge in [-0.05, 0) is 40.5 Å². The Morgan fingerprint density at radius 2 is 1.70 bits per heavy atom. The zero-order valence-corrected chi connectivity index (χ0v) is 22.0. The van der Waals surface area contributed by atoms with Crippen molar-refractivity contribution >= 4 is 74.6 Å². The number of hydrogen-bond donors (Lipinski definition) is 1. The molecule has 2 aliphatic rings. The van der Waals surface area contributed by atoms with Crippen LogP contribution in [0.25, 0.3) is 0 Å². The Balaban J connectivity index is 1.62. The summed E-state index contributed by atoms with van der Waals surface area (Å²) in [6.07, 6.45) is 0.107. The molecule has 186 valence electrons. The fourth-order valence-electron chi connectivity index (χ4n) is 4.91. The van der Waals surface area contributed by atoms with Crippen LogP contribution in [0.4, 0.5) is 8.78 Å². The van der Waals surface area contributed by atoms with Gasteiger partial charge in [0.05, 0.1) is 5.44 Å². The van der Waals surface area contributed by atoms with Gasteiger partial charge in [-0.1, -0.05) is 35.9 Å². The number of benzene rings is 2. The van der Waals surface area contributed by atoms with Crippen molar-refractivity contribution in [2.45, 2.75) is 35.5 Å². The van der Waals surface area contributed by atoms with Gasteiger partial charge in [-0.3, -0.25) is 24.5 Å². The number of amides is 4. The quantitative estimate of drug-likeness (QED) is 0.353. The Kier molecular flexibility index (Phi) is 6.63. The van der Waals surface area contributed by atoms with Crippen molar-refractivity contribution in [3.05, 3.63) is 69.7 Å². The summed E-state index contributed by atoms with van der Waals surface area (Å²) in [5.41, 5.74) is -0.152. The molecule has 2 aliphatic heterocycles. The van der Waals surface area contributed by atoms with E-state index >= 15 is 8.78 Å². The van der Waals surface area contributed by atoms with Crippen molar-refractivity contribution in [1.29, 1.82) is 0 Å². The maximum absolute atomic E-state index is 15.1. The molecule has 0 aliphatic carbocycles. The van der Waals surface area contributed by atoms with Crippen LogP contribution in [0.5, 0.6) is 0 Å². The highest BCUT2D eigenvalue weighted by Gasteiger charge is 2.52. The van der Waals surface area contributed by atoms with E-state index in [1.807, 2.05) is 0 Å². The molecule has 1 unspecified atom stereocenters. The summed E-state index contributed by atoms with van der Waals surface area (Å²) in [7, 11) is 7.98. The van der Waals surface area contributed by atoms with Gasteiger partial charge in [0, 0.05) is 29.1 Å². The molecule has 15 heteroatoms. The van der Waals surface area contributed by atoms with Crippen molar-refractivity contribution in [3.63, 3.8) is 0 Å². The van der Waals surface area contributed by atoms with Crippen LogP contribution in [0.1, 0.15) is 33.5 Å². The fourth-order valence-corrected chi connectivity index (χ4v) is 5.04. The summed E-state index contributed by atoms with van der Waals surface area (Å²) in [5.74, 6) is -6.84. The number of piperidine rings is 1. The van der Waals surface area contributed by atoms with Crippen LogP contribution < -0.4 is 5.32 Å². The lowest BCUT2D eigenvalue weighted by molar-refractivity contribution is -0.155. The maximum Gasteiger partial charge on any atom is 0.348 e. The van der Waals surface area contributed by atoms with E-state index in [0.717, 1.165) is 16.9 Å². The van der Waals surface area contributed by atoms with Gasteiger partial charge >= 0.3 is 5.92 Å². The van der Waals surface area contributed by atoms with Crippen LogP contribution in [0.15, 0.2) is 42.5 Å². The Morgan fingerprint density at radius 1 is 1.11 bits per heavy atom. The average Bonchev–Trinajstić information content (AvgIpc) is 3.17. The van der Waals surface area contributed by atoms with Gasteiger partial charge in [0.1, 0.15) is 31.4 Å². The van der Waals surface area contributed by atoms with E-state index in [4.69, 9.17) is 11.6 Å². The fraction of sp³-hybridized carbons (Fsp3) is 0.273. The van der Waals surface area contributed by atoms with Gasteiger partial charge in [-0.25, -0.2) is 0 Å². The first kappa shape index (κ1) is 27.0. The van der Waals surface area contributed by atoms with Gasteiger partial charge in [0.2, 0.25) is 19.8 Å². The molecule has 2 aromatic carbocycles. The lowest BCUT2D eigenvalue weighted by Crippen LogP contribution is -2.66. The normalized spacial score (nSPS) is 22.0. The lowest BCUT2D eigenvalue weighted by Gasteiger charge is -2.44. The molecule has 0 bridgehead atoms. The first-order valence-corrected chi connectivity index (χ1v) is 12.2. The van der Waals surface area contributed by atoms with Gasteiger partial charge < -0.3 is 9.71 Å². The number of nitrogens with zero attached hydrogens (tertiary/aromatic N) is 2. The molecule has 1 fully saturated rings. The molecule has 0 radical (unpaired) electrons. The summed E-state index contributed by atoms with van der Waals surface area (Å²) >= 11 is 5.80. The van der Waals surface area contributed by atoms with Crippen molar-refractivity contribution in [2.75, 3.05) is 0 Å². The van der Waals surface area contributed by atoms with Gasteiger partial charge in [0.25, 0.3) is 11.8 Å². The summed E-state index contributed by atoms with van der Waals surface area (Å²) < 4.78 is 30.2. The summed E-state index contributed by atoms with van der Waals surface area (Å²) in [6, 6.07) is 9.76. The lowest BCUT2D eigenvalue weighted by atomic mass is 9.55. The molecule has 0 aromatic heterocycles. The van der Waals surface area contributed by atoms with Crippen molar-refractivity contribution < 1.29 is 28.0 Å². The molecule has 37 heavy (non-hydrogen) atoms. The predicted octanol–water partition coefficient (Wildman–Crippen LogP) is -2.36. The molecule has 1 N–H and O–H groups in total. The second-order valence-corrected chi connectivity index (χ2v) is 10.8. The van der Waals surface area contributed by atoms with Crippen molar-refractivity contribution in [3.8, 4) is 0 Å². The molecule has 1 saturated heterocycles. The van der Waals surface area contributed by atoms with E-state index in [9.17, 15) is 19.2 Å². The molecule has 4 amide bonds. The van der Waals surface area contributed by atoms with Crippen LogP contribution in [-0.4, -0.2) is 78.1 Å². The predicted molar refractivity (Wildman–Crippen MR) is 147 cm³/mol. The topological polar surface area (TPSA) is 86.8 Å².